The lowest BCUT2D eigenvalue weighted by Crippen LogP contribution is -1.94. The van der Waals surface area contributed by atoms with Gasteiger partial charge >= 0.3 is 0 Å². The fourth-order valence-corrected chi connectivity index (χ4v) is 2.07. The number of para-hydroxylation sites is 1. The number of nitrogens with one attached hydrogen (secondary N) is 1. The van der Waals surface area contributed by atoms with E-state index in [4.69, 9.17) is 0 Å². The Bertz CT molecular complexity index is 827. The molecule has 0 unspecified atom stereocenters. The van der Waals surface area contributed by atoms with Crippen LogP contribution in [0.25, 0.3) is 22.4 Å². The average Bonchev–Trinajstić information content (AvgIpc) is 2.86. The molecule has 0 bridgehead atoms. The summed E-state index contributed by atoms with van der Waals surface area (Å²) in [5.74, 6) is -5.52. The van der Waals surface area contributed by atoms with Gasteiger partial charge in [0, 0.05) is 0 Å². The summed E-state index contributed by atoms with van der Waals surface area (Å²) in [6, 6.07) is 6.01. The summed E-state index contributed by atoms with van der Waals surface area (Å²) in [7, 11) is 0. The summed E-state index contributed by atoms with van der Waals surface area (Å²) in [6.45, 7) is 1.83. The predicted molar refractivity (Wildman–Crippen MR) is 67.8 cm³/mol. The quantitative estimate of drug-likeness (QED) is 0.667. The summed E-state index contributed by atoms with van der Waals surface area (Å²) in [6.07, 6.45) is 0. The fourth-order valence-electron chi connectivity index (χ4n) is 2.07. The third-order valence-electron chi connectivity index (χ3n) is 3.10. The molecule has 0 aliphatic heterocycles. The molecule has 1 aromatic heterocycles. The van der Waals surface area contributed by atoms with Gasteiger partial charge in [-0.15, -0.1) is 0 Å². The Hall–Kier alpha value is -2.50. The number of fused-ring (bicyclic) bond motifs is 1. The lowest BCUT2D eigenvalue weighted by Gasteiger charge is -2.03. The second-order valence-electron chi connectivity index (χ2n) is 4.44. The molecule has 0 saturated heterocycles. The van der Waals surface area contributed by atoms with E-state index in [1.54, 1.807) is 12.1 Å². The van der Waals surface area contributed by atoms with Crippen LogP contribution in [-0.4, -0.2) is 15.1 Å². The van der Waals surface area contributed by atoms with Crippen molar-refractivity contribution in [2.75, 3.05) is 0 Å². The Kier molecular flexibility index (Phi) is 2.67. The van der Waals surface area contributed by atoms with Crippen molar-refractivity contribution >= 4 is 11.0 Å². The van der Waals surface area contributed by atoms with Crippen molar-refractivity contribution in [2.45, 2.75) is 6.92 Å². The maximum Gasteiger partial charge on any atom is 0.203 e. The second-order valence-corrected chi connectivity index (χ2v) is 4.44. The second kappa shape index (κ2) is 4.26. The number of aromatic hydroxyl groups is 1. The highest BCUT2D eigenvalue weighted by molar-refractivity contribution is 5.82. The van der Waals surface area contributed by atoms with E-state index in [0.29, 0.717) is 17.1 Å². The summed E-state index contributed by atoms with van der Waals surface area (Å²) >= 11 is 0. The minimum Gasteiger partial charge on any atom is -0.503 e. The summed E-state index contributed by atoms with van der Waals surface area (Å²) in [5, 5.41) is 9.23. The number of hydrogen-bond donors (Lipinski definition) is 2. The molecule has 0 saturated carbocycles. The van der Waals surface area contributed by atoms with Gasteiger partial charge in [-0.1, -0.05) is 12.1 Å². The molecule has 3 rings (SSSR count). The van der Waals surface area contributed by atoms with Gasteiger partial charge in [-0.25, -0.2) is 13.8 Å². The number of hydrogen-bond acceptors (Lipinski definition) is 2. The summed E-state index contributed by atoms with van der Waals surface area (Å²) in [4.78, 5) is 6.98. The third kappa shape index (κ3) is 1.72. The van der Waals surface area contributed by atoms with Gasteiger partial charge in [0.2, 0.25) is 5.82 Å². The topological polar surface area (TPSA) is 48.9 Å². The molecule has 6 heteroatoms. The van der Waals surface area contributed by atoms with E-state index >= 15 is 0 Å². The van der Waals surface area contributed by atoms with Crippen molar-refractivity contribution in [3.8, 4) is 17.1 Å². The number of rotatable bonds is 1. The standard InChI is InChI=1S/C14H9F3N2O/c1-6-3-2-4-9-12(6)19-14(18-9)7-5-8(15)11(17)13(20)10(7)16/h2-5,20H,1H3,(H,18,19). The Labute approximate surface area is 111 Å². The van der Waals surface area contributed by atoms with Crippen LogP contribution in [-0.2, 0) is 0 Å². The highest BCUT2D eigenvalue weighted by atomic mass is 19.2. The molecule has 0 aliphatic rings. The molecule has 0 spiro atoms. The number of nitrogens with zero attached hydrogens (tertiary/aromatic N) is 1. The maximum absolute atomic E-state index is 13.8. The number of H-pyrrole nitrogens is 1. The van der Waals surface area contributed by atoms with Crippen molar-refractivity contribution in [2.24, 2.45) is 0 Å². The van der Waals surface area contributed by atoms with Gasteiger partial charge in [0.1, 0.15) is 5.82 Å². The molecular formula is C14H9F3N2O. The van der Waals surface area contributed by atoms with Crippen LogP contribution >= 0.6 is 0 Å². The van der Waals surface area contributed by atoms with E-state index in [1.165, 1.54) is 0 Å². The molecule has 20 heavy (non-hydrogen) atoms. The molecule has 2 N–H and O–H groups in total. The SMILES string of the molecule is Cc1cccc2[nH]c(-c3cc(F)c(F)c(O)c3F)nc12. The highest BCUT2D eigenvalue weighted by Crippen LogP contribution is 2.32. The van der Waals surface area contributed by atoms with Gasteiger partial charge in [-0.2, -0.15) is 4.39 Å². The van der Waals surface area contributed by atoms with E-state index in [9.17, 15) is 18.3 Å². The molecule has 0 radical (unpaired) electrons. The van der Waals surface area contributed by atoms with Crippen LogP contribution in [0.2, 0.25) is 0 Å². The molecule has 0 atom stereocenters. The van der Waals surface area contributed by atoms with E-state index < -0.39 is 23.2 Å². The largest absolute Gasteiger partial charge is 0.503 e. The van der Waals surface area contributed by atoms with Gasteiger partial charge in [-0.3, -0.25) is 0 Å². The molecule has 1 heterocycles. The highest BCUT2D eigenvalue weighted by Gasteiger charge is 2.21. The first-order valence-corrected chi connectivity index (χ1v) is 5.81. The molecular weight excluding hydrogens is 269 g/mol. The lowest BCUT2D eigenvalue weighted by molar-refractivity contribution is 0.377. The van der Waals surface area contributed by atoms with Gasteiger partial charge in [0.25, 0.3) is 0 Å². The van der Waals surface area contributed by atoms with Crippen LogP contribution in [0.3, 0.4) is 0 Å². The first-order chi connectivity index (χ1) is 9.49. The molecule has 0 amide bonds. The number of aromatic nitrogens is 2. The molecule has 0 fully saturated rings. The van der Waals surface area contributed by atoms with Crippen LogP contribution in [0.15, 0.2) is 24.3 Å². The summed E-state index contributed by atoms with van der Waals surface area (Å²) < 4.78 is 40.2. The number of aromatic amines is 1. The predicted octanol–water partition coefficient (Wildman–Crippen LogP) is 3.66. The zero-order chi connectivity index (χ0) is 14.4. The van der Waals surface area contributed by atoms with Gasteiger partial charge in [-0.05, 0) is 24.6 Å². The maximum atomic E-state index is 13.8. The Morgan fingerprint density at radius 2 is 1.90 bits per heavy atom. The van der Waals surface area contributed by atoms with Gasteiger partial charge < -0.3 is 10.1 Å². The average molecular weight is 278 g/mol. The van der Waals surface area contributed by atoms with E-state index in [-0.39, 0.29) is 11.4 Å². The third-order valence-corrected chi connectivity index (χ3v) is 3.10. The van der Waals surface area contributed by atoms with Crippen molar-refractivity contribution in [1.82, 2.24) is 9.97 Å². The van der Waals surface area contributed by atoms with Crippen LogP contribution < -0.4 is 0 Å². The van der Waals surface area contributed by atoms with Gasteiger partial charge in [0.05, 0.1) is 16.6 Å². The number of halogens is 3. The van der Waals surface area contributed by atoms with E-state index in [1.807, 2.05) is 13.0 Å². The first-order valence-electron chi connectivity index (χ1n) is 5.81. The van der Waals surface area contributed by atoms with Crippen molar-refractivity contribution in [3.63, 3.8) is 0 Å². The number of aryl methyl sites for hydroxylation is 1. The van der Waals surface area contributed by atoms with Crippen LogP contribution in [0, 0.1) is 24.4 Å². The smallest absolute Gasteiger partial charge is 0.203 e. The van der Waals surface area contributed by atoms with Crippen LogP contribution in [0.5, 0.6) is 5.75 Å². The zero-order valence-electron chi connectivity index (χ0n) is 10.3. The Morgan fingerprint density at radius 3 is 2.60 bits per heavy atom. The first kappa shape index (κ1) is 12.5. The normalized spacial score (nSPS) is 11.2. The molecule has 3 aromatic rings. The van der Waals surface area contributed by atoms with Crippen LogP contribution in [0.4, 0.5) is 13.2 Å². The molecule has 102 valence electrons. The molecule has 3 nitrogen and oxygen atoms in total. The number of imidazole rings is 1. The van der Waals surface area contributed by atoms with E-state index in [2.05, 4.69) is 9.97 Å². The van der Waals surface area contributed by atoms with Crippen molar-refractivity contribution in [1.29, 1.82) is 0 Å². The van der Waals surface area contributed by atoms with Crippen molar-refractivity contribution < 1.29 is 18.3 Å². The Balaban J connectivity index is 2.29. The van der Waals surface area contributed by atoms with Crippen molar-refractivity contribution in [3.05, 3.63) is 47.3 Å². The minimum atomic E-state index is -1.61. The monoisotopic (exact) mass is 278 g/mol. The lowest BCUT2D eigenvalue weighted by atomic mass is 10.1. The number of benzene rings is 2. The molecule has 0 aliphatic carbocycles. The number of phenols is 1. The van der Waals surface area contributed by atoms with Gasteiger partial charge in [0.15, 0.2) is 17.4 Å². The fraction of sp³-hybridized carbons (Fsp3) is 0.0714. The Morgan fingerprint density at radius 1 is 1.15 bits per heavy atom. The van der Waals surface area contributed by atoms with E-state index in [0.717, 1.165) is 5.56 Å². The minimum absolute atomic E-state index is 0.0287. The zero-order valence-corrected chi connectivity index (χ0v) is 10.3. The van der Waals surface area contributed by atoms with Crippen LogP contribution in [0.1, 0.15) is 5.56 Å². The summed E-state index contributed by atoms with van der Waals surface area (Å²) in [5.41, 5.74) is 1.78. The number of phenolic OH excluding ortho intramolecular Hbond substituents is 1. The molecule has 2 aromatic carbocycles.